The van der Waals surface area contributed by atoms with Gasteiger partial charge in [-0.2, -0.15) is 0 Å². The zero-order valence-electron chi connectivity index (χ0n) is 15.6. The lowest BCUT2D eigenvalue weighted by molar-refractivity contribution is -0.136. The van der Waals surface area contributed by atoms with Crippen LogP contribution in [0.5, 0.6) is 0 Å². The van der Waals surface area contributed by atoms with Crippen LogP contribution in [0.3, 0.4) is 0 Å². The molecule has 25 heavy (non-hydrogen) atoms. The number of hydrogen-bond acceptors (Lipinski definition) is 2. The summed E-state index contributed by atoms with van der Waals surface area (Å²) in [4.78, 5) is 27.5. The largest absolute Gasteiger partial charge is 0.325 e. The third kappa shape index (κ3) is 3.90. The first-order chi connectivity index (χ1) is 11.8. The Hall–Kier alpha value is -2.62. The SMILES string of the molecule is CCN(C(=O)C(C)(C)C(=O)Nc1cccc(C)c1C)c1ccccc1. The molecule has 0 aromatic heterocycles. The number of carbonyl (C=O) groups excluding carboxylic acids is 2. The summed E-state index contributed by atoms with van der Waals surface area (Å²) in [5, 5.41) is 2.92. The van der Waals surface area contributed by atoms with Crippen molar-refractivity contribution in [3.8, 4) is 0 Å². The summed E-state index contributed by atoms with van der Waals surface area (Å²) in [5.74, 6) is -0.524. The molecule has 0 aliphatic rings. The third-order valence-electron chi connectivity index (χ3n) is 4.58. The smallest absolute Gasteiger partial charge is 0.242 e. The average Bonchev–Trinajstić information content (AvgIpc) is 2.60. The minimum atomic E-state index is -1.18. The van der Waals surface area contributed by atoms with Crippen LogP contribution in [0.4, 0.5) is 11.4 Å². The van der Waals surface area contributed by atoms with Crippen molar-refractivity contribution in [1.82, 2.24) is 0 Å². The first kappa shape index (κ1) is 18.7. The normalized spacial score (nSPS) is 11.1. The van der Waals surface area contributed by atoms with E-state index in [9.17, 15) is 9.59 Å². The maximum atomic E-state index is 13.0. The Morgan fingerprint density at radius 3 is 2.24 bits per heavy atom. The molecule has 0 spiro atoms. The van der Waals surface area contributed by atoms with E-state index in [1.54, 1.807) is 18.7 Å². The van der Waals surface area contributed by atoms with E-state index in [-0.39, 0.29) is 11.8 Å². The number of nitrogens with one attached hydrogen (secondary N) is 1. The van der Waals surface area contributed by atoms with E-state index in [2.05, 4.69) is 5.32 Å². The lowest BCUT2D eigenvalue weighted by atomic mass is 9.89. The molecule has 0 atom stereocenters. The van der Waals surface area contributed by atoms with Crippen LogP contribution in [-0.4, -0.2) is 18.4 Å². The van der Waals surface area contributed by atoms with Crippen molar-refractivity contribution in [2.45, 2.75) is 34.6 Å². The van der Waals surface area contributed by atoms with Gasteiger partial charge in [0.1, 0.15) is 5.41 Å². The van der Waals surface area contributed by atoms with Gasteiger partial charge in [0.05, 0.1) is 0 Å². The minimum Gasteiger partial charge on any atom is -0.325 e. The number of benzene rings is 2. The number of amides is 2. The van der Waals surface area contributed by atoms with Crippen molar-refractivity contribution < 1.29 is 9.59 Å². The standard InChI is InChI=1S/C21H26N2O2/c1-6-23(17-12-8-7-9-13-17)20(25)21(4,5)19(24)22-18-14-10-11-15(2)16(18)3/h7-14H,6H2,1-5H3,(H,22,24). The number of hydrogen-bond donors (Lipinski definition) is 1. The molecule has 0 bridgehead atoms. The fourth-order valence-corrected chi connectivity index (χ4v) is 2.65. The molecule has 0 aliphatic heterocycles. The number of rotatable bonds is 5. The molecule has 2 rings (SSSR count). The molecule has 0 saturated heterocycles. The maximum Gasteiger partial charge on any atom is 0.242 e. The second-order valence-electron chi connectivity index (χ2n) is 6.71. The Morgan fingerprint density at radius 2 is 1.64 bits per heavy atom. The quantitative estimate of drug-likeness (QED) is 0.825. The summed E-state index contributed by atoms with van der Waals surface area (Å²) in [6, 6.07) is 15.2. The molecule has 4 heteroatoms. The lowest BCUT2D eigenvalue weighted by Crippen LogP contribution is -2.47. The van der Waals surface area contributed by atoms with Gasteiger partial charge < -0.3 is 10.2 Å². The average molecular weight is 338 g/mol. The van der Waals surface area contributed by atoms with Gasteiger partial charge in [-0.05, 0) is 63.9 Å². The van der Waals surface area contributed by atoms with Crippen molar-refractivity contribution in [3.05, 3.63) is 59.7 Å². The van der Waals surface area contributed by atoms with Gasteiger partial charge in [-0.15, -0.1) is 0 Å². The van der Waals surface area contributed by atoms with Crippen molar-refractivity contribution in [1.29, 1.82) is 0 Å². The van der Waals surface area contributed by atoms with Crippen LogP contribution >= 0.6 is 0 Å². The van der Waals surface area contributed by atoms with Gasteiger partial charge >= 0.3 is 0 Å². The number of anilines is 2. The van der Waals surface area contributed by atoms with E-state index in [0.29, 0.717) is 6.54 Å². The molecule has 2 aromatic carbocycles. The highest BCUT2D eigenvalue weighted by molar-refractivity contribution is 6.15. The molecule has 1 N–H and O–H groups in total. The molecule has 0 fully saturated rings. The Labute approximate surface area is 149 Å². The lowest BCUT2D eigenvalue weighted by Gasteiger charge is -2.30. The molecule has 0 heterocycles. The topological polar surface area (TPSA) is 49.4 Å². The van der Waals surface area contributed by atoms with E-state index in [1.807, 2.05) is 69.3 Å². The number of para-hydroxylation sites is 1. The van der Waals surface area contributed by atoms with Crippen molar-refractivity contribution in [3.63, 3.8) is 0 Å². The number of carbonyl (C=O) groups is 2. The van der Waals surface area contributed by atoms with Crippen LogP contribution in [0.25, 0.3) is 0 Å². The fourth-order valence-electron chi connectivity index (χ4n) is 2.65. The third-order valence-corrected chi connectivity index (χ3v) is 4.58. The molecule has 2 amide bonds. The summed E-state index contributed by atoms with van der Waals surface area (Å²) >= 11 is 0. The van der Waals surface area contributed by atoms with Gasteiger partial charge in [-0.1, -0.05) is 30.3 Å². The summed E-state index contributed by atoms with van der Waals surface area (Å²) in [5.41, 5.74) is 2.47. The Morgan fingerprint density at radius 1 is 1.00 bits per heavy atom. The zero-order valence-corrected chi connectivity index (χ0v) is 15.6. The predicted molar refractivity (Wildman–Crippen MR) is 103 cm³/mol. The van der Waals surface area contributed by atoms with Crippen LogP contribution in [0.2, 0.25) is 0 Å². The molecule has 0 aliphatic carbocycles. The van der Waals surface area contributed by atoms with E-state index in [0.717, 1.165) is 22.5 Å². The summed E-state index contributed by atoms with van der Waals surface area (Å²) in [6.45, 7) is 9.70. The van der Waals surface area contributed by atoms with Crippen LogP contribution in [0.1, 0.15) is 31.9 Å². The van der Waals surface area contributed by atoms with Gasteiger partial charge in [-0.25, -0.2) is 0 Å². The van der Waals surface area contributed by atoms with Gasteiger partial charge in [-0.3, -0.25) is 9.59 Å². The molecule has 4 nitrogen and oxygen atoms in total. The van der Waals surface area contributed by atoms with Crippen LogP contribution in [0, 0.1) is 19.3 Å². The van der Waals surface area contributed by atoms with E-state index in [4.69, 9.17) is 0 Å². The molecule has 132 valence electrons. The Balaban J connectivity index is 2.25. The van der Waals surface area contributed by atoms with Gasteiger partial charge in [0.2, 0.25) is 11.8 Å². The molecular weight excluding hydrogens is 312 g/mol. The summed E-state index contributed by atoms with van der Waals surface area (Å²) in [6.07, 6.45) is 0. The zero-order chi connectivity index (χ0) is 18.6. The first-order valence-corrected chi connectivity index (χ1v) is 8.53. The second kappa shape index (κ2) is 7.51. The highest BCUT2D eigenvalue weighted by Gasteiger charge is 2.39. The number of aryl methyl sites for hydroxylation is 1. The maximum absolute atomic E-state index is 13.0. The molecule has 0 radical (unpaired) electrons. The van der Waals surface area contributed by atoms with Gasteiger partial charge in [0, 0.05) is 17.9 Å². The highest BCUT2D eigenvalue weighted by Crippen LogP contribution is 2.27. The predicted octanol–water partition coefficient (Wildman–Crippen LogP) is 4.32. The molecule has 2 aromatic rings. The van der Waals surface area contributed by atoms with Crippen molar-refractivity contribution in [2.75, 3.05) is 16.8 Å². The molecular formula is C21H26N2O2. The van der Waals surface area contributed by atoms with Crippen molar-refractivity contribution >= 4 is 23.2 Å². The van der Waals surface area contributed by atoms with Crippen LogP contribution in [-0.2, 0) is 9.59 Å². The van der Waals surface area contributed by atoms with Crippen LogP contribution < -0.4 is 10.2 Å². The molecule has 0 saturated carbocycles. The van der Waals surface area contributed by atoms with E-state index < -0.39 is 5.41 Å². The van der Waals surface area contributed by atoms with Crippen LogP contribution in [0.15, 0.2) is 48.5 Å². The number of nitrogens with zero attached hydrogens (tertiary/aromatic N) is 1. The summed E-state index contributed by atoms with van der Waals surface area (Å²) in [7, 11) is 0. The second-order valence-corrected chi connectivity index (χ2v) is 6.71. The van der Waals surface area contributed by atoms with E-state index in [1.165, 1.54) is 0 Å². The monoisotopic (exact) mass is 338 g/mol. The fraction of sp³-hybridized carbons (Fsp3) is 0.333. The van der Waals surface area contributed by atoms with Crippen molar-refractivity contribution in [2.24, 2.45) is 5.41 Å². The molecule has 0 unspecified atom stereocenters. The Kier molecular flexibility index (Phi) is 5.62. The van der Waals surface area contributed by atoms with Gasteiger partial charge in [0.25, 0.3) is 0 Å². The summed E-state index contributed by atoms with van der Waals surface area (Å²) < 4.78 is 0. The van der Waals surface area contributed by atoms with Gasteiger partial charge in [0.15, 0.2) is 0 Å². The van der Waals surface area contributed by atoms with E-state index >= 15 is 0 Å². The minimum absolute atomic E-state index is 0.219. The highest BCUT2D eigenvalue weighted by atomic mass is 16.2. The Bertz CT molecular complexity index is 767. The first-order valence-electron chi connectivity index (χ1n) is 8.53.